The van der Waals surface area contributed by atoms with Gasteiger partial charge < -0.3 is 15.3 Å². The van der Waals surface area contributed by atoms with Crippen LogP contribution in [-0.4, -0.2) is 51.4 Å². The van der Waals surface area contributed by atoms with Gasteiger partial charge in [-0.2, -0.15) is 0 Å². The van der Waals surface area contributed by atoms with Crippen LogP contribution in [0.4, 0.5) is 5.82 Å². The lowest BCUT2D eigenvalue weighted by molar-refractivity contribution is 0.260. The van der Waals surface area contributed by atoms with Crippen molar-refractivity contribution >= 4 is 16.7 Å². The van der Waals surface area contributed by atoms with E-state index in [4.69, 9.17) is 0 Å². The third-order valence-corrected chi connectivity index (χ3v) is 4.96. The Kier molecular flexibility index (Phi) is 4.42. The molecule has 0 amide bonds. The highest BCUT2D eigenvalue weighted by atomic mass is 16.3. The molecule has 0 aliphatic carbocycles. The Labute approximate surface area is 152 Å². The molecule has 2 N–H and O–H groups in total. The maximum atomic E-state index is 10.6. The molecule has 0 unspecified atom stereocenters. The summed E-state index contributed by atoms with van der Waals surface area (Å²) in [5.74, 6) is 0.931. The fourth-order valence-corrected chi connectivity index (χ4v) is 3.64. The number of anilines is 1. The number of aryl methyl sites for hydroxylation is 1. The molecule has 1 fully saturated rings. The summed E-state index contributed by atoms with van der Waals surface area (Å²) in [6, 6.07) is 10.0. The number of phenolic OH excluding ortho intramolecular Hbond substituents is 1. The van der Waals surface area contributed by atoms with Gasteiger partial charge in [0, 0.05) is 29.7 Å². The van der Waals surface area contributed by atoms with Crippen molar-refractivity contribution in [3.8, 4) is 17.0 Å². The number of aromatic nitrogens is 3. The maximum absolute atomic E-state index is 10.6. The van der Waals surface area contributed by atoms with Crippen molar-refractivity contribution in [1.29, 1.82) is 0 Å². The summed E-state index contributed by atoms with van der Waals surface area (Å²) in [6.07, 6.45) is 4.01. The fraction of sp³-hybridized carbons (Fsp3) is 0.350. The highest BCUT2D eigenvalue weighted by Crippen LogP contribution is 2.35. The van der Waals surface area contributed by atoms with Crippen LogP contribution < -0.4 is 5.32 Å². The number of pyridine rings is 1. The molecule has 4 rings (SSSR count). The van der Waals surface area contributed by atoms with Crippen molar-refractivity contribution < 1.29 is 5.11 Å². The lowest BCUT2D eigenvalue weighted by Gasteiger charge is -2.30. The quantitative estimate of drug-likeness (QED) is 0.756. The summed E-state index contributed by atoms with van der Waals surface area (Å²) in [4.78, 5) is 6.61. The van der Waals surface area contributed by atoms with Gasteiger partial charge in [-0.1, -0.05) is 12.1 Å². The summed E-state index contributed by atoms with van der Waals surface area (Å²) < 4.78 is 0. The molecule has 134 valence electrons. The standard InChI is InChI=1S/C20H23N5O/c1-13-11-17(22-15-6-4-10-25(2)12-15)23-24-18(13)16-8-7-14-5-3-9-21-19(14)20(16)26/h3,5,7-9,11,15,26H,4,6,10,12H2,1-2H3,(H,22,23)/t15-/m0/s1. The molecule has 26 heavy (non-hydrogen) atoms. The molecule has 1 aliphatic rings. The molecule has 6 heteroatoms. The minimum atomic E-state index is 0.148. The van der Waals surface area contributed by atoms with E-state index in [1.807, 2.05) is 37.3 Å². The van der Waals surface area contributed by atoms with Crippen LogP contribution in [0.25, 0.3) is 22.2 Å². The van der Waals surface area contributed by atoms with Crippen molar-refractivity contribution in [2.24, 2.45) is 0 Å². The number of nitrogens with one attached hydrogen (secondary N) is 1. The first-order valence-corrected chi connectivity index (χ1v) is 8.98. The van der Waals surface area contributed by atoms with E-state index in [9.17, 15) is 5.11 Å². The molecule has 0 bridgehead atoms. The average Bonchev–Trinajstić information content (AvgIpc) is 2.63. The number of likely N-dealkylation sites (N-methyl/N-ethyl adjacent to an activating group) is 1. The Morgan fingerprint density at radius 1 is 1.23 bits per heavy atom. The molecular formula is C20H23N5O. The van der Waals surface area contributed by atoms with E-state index >= 15 is 0 Å². The molecule has 1 aromatic carbocycles. The molecule has 6 nitrogen and oxygen atoms in total. The van der Waals surface area contributed by atoms with Crippen LogP contribution in [0.1, 0.15) is 18.4 Å². The summed E-state index contributed by atoms with van der Waals surface area (Å²) >= 11 is 0. The number of rotatable bonds is 3. The Morgan fingerprint density at radius 2 is 2.12 bits per heavy atom. The Bertz CT molecular complexity index is 943. The van der Waals surface area contributed by atoms with Gasteiger partial charge in [-0.25, -0.2) is 0 Å². The third kappa shape index (κ3) is 3.20. The van der Waals surface area contributed by atoms with E-state index in [1.165, 1.54) is 6.42 Å². The Balaban J connectivity index is 1.63. The van der Waals surface area contributed by atoms with Gasteiger partial charge in [0.25, 0.3) is 0 Å². The number of benzene rings is 1. The van der Waals surface area contributed by atoms with Crippen LogP contribution in [0.2, 0.25) is 0 Å². The zero-order valence-electron chi connectivity index (χ0n) is 15.1. The van der Waals surface area contributed by atoms with E-state index in [2.05, 4.69) is 32.4 Å². The predicted octanol–water partition coefficient (Wildman–Crippen LogP) is 3.21. The smallest absolute Gasteiger partial charge is 0.151 e. The van der Waals surface area contributed by atoms with E-state index in [0.29, 0.717) is 22.8 Å². The minimum Gasteiger partial charge on any atom is -0.505 e. The lowest BCUT2D eigenvalue weighted by Crippen LogP contribution is -2.39. The normalized spacial score (nSPS) is 18.2. The van der Waals surface area contributed by atoms with Gasteiger partial charge in [0.2, 0.25) is 0 Å². The Morgan fingerprint density at radius 3 is 2.92 bits per heavy atom. The lowest BCUT2D eigenvalue weighted by atomic mass is 10.0. The van der Waals surface area contributed by atoms with Crippen LogP contribution in [0.3, 0.4) is 0 Å². The first-order chi connectivity index (χ1) is 12.6. The number of piperidine rings is 1. The summed E-state index contributed by atoms with van der Waals surface area (Å²) in [6.45, 7) is 4.15. The molecule has 1 saturated heterocycles. The molecule has 3 heterocycles. The van der Waals surface area contributed by atoms with Gasteiger partial charge in [-0.3, -0.25) is 4.98 Å². The van der Waals surface area contributed by atoms with Crippen molar-refractivity contribution in [3.05, 3.63) is 42.1 Å². The van der Waals surface area contributed by atoms with E-state index in [1.54, 1.807) is 6.20 Å². The van der Waals surface area contributed by atoms with Gasteiger partial charge in [-0.15, -0.1) is 10.2 Å². The monoisotopic (exact) mass is 349 g/mol. The summed E-state index contributed by atoms with van der Waals surface area (Å²) in [5, 5.41) is 23.8. The van der Waals surface area contributed by atoms with E-state index in [-0.39, 0.29) is 5.75 Å². The molecule has 1 atom stereocenters. The summed E-state index contributed by atoms with van der Waals surface area (Å²) in [7, 11) is 2.14. The number of hydrogen-bond acceptors (Lipinski definition) is 6. The SMILES string of the molecule is Cc1cc(N[C@H]2CCCN(C)C2)nnc1-c1ccc2cccnc2c1O. The van der Waals surface area contributed by atoms with Crippen LogP contribution in [0.5, 0.6) is 5.75 Å². The largest absolute Gasteiger partial charge is 0.505 e. The van der Waals surface area contributed by atoms with Gasteiger partial charge in [0.1, 0.15) is 11.3 Å². The van der Waals surface area contributed by atoms with Crippen LogP contribution >= 0.6 is 0 Å². The zero-order valence-corrected chi connectivity index (χ0v) is 15.1. The van der Waals surface area contributed by atoms with Crippen LogP contribution in [0.15, 0.2) is 36.5 Å². The summed E-state index contributed by atoms with van der Waals surface area (Å²) in [5.41, 5.74) is 2.89. The van der Waals surface area contributed by atoms with Crippen molar-refractivity contribution in [3.63, 3.8) is 0 Å². The average molecular weight is 349 g/mol. The Hall–Kier alpha value is -2.73. The first kappa shape index (κ1) is 16.7. The maximum Gasteiger partial charge on any atom is 0.151 e. The number of hydrogen-bond donors (Lipinski definition) is 2. The second-order valence-electron chi connectivity index (χ2n) is 7.04. The number of nitrogens with zero attached hydrogens (tertiary/aromatic N) is 4. The van der Waals surface area contributed by atoms with Crippen LogP contribution in [0, 0.1) is 6.92 Å². The molecule has 1 aliphatic heterocycles. The number of phenols is 1. The molecule has 3 aromatic rings. The van der Waals surface area contributed by atoms with Gasteiger partial charge in [-0.05, 0) is 57.1 Å². The predicted molar refractivity (Wildman–Crippen MR) is 103 cm³/mol. The molecular weight excluding hydrogens is 326 g/mol. The van der Waals surface area contributed by atoms with E-state index < -0.39 is 0 Å². The molecule has 0 radical (unpaired) electrons. The van der Waals surface area contributed by atoms with Gasteiger partial charge in [0.05, 0.1) is 5.69 Å². The fourth-order valence-electron chi connectivity index (χ4n) is 3.64. The molecule has 2 aromatic heterocycles. The third-order valence-electron chi connectivity index (χ3n) is 4.96. The van der Waals surface area contributed by atoms with Gasteiger partial charge >= 0.3 is 0 Å². The van der Waals surface area contributed by atoms with Gasteiger partial charge in [0.15, 0.2) is 5.75 Å². The second-order valence-corrected chi connectivity index (χ2v) is 7.04. The number of aromatic hydroxyl groups is 1. The number of fused-ring (bicyclic) bond motifs is 1. The minimum absolute atomic E-state index is 0.148. The van der Waals surface area contributed by atoms with Crippen molar-refractivity contribution in [2.75, 3.05) is 25.5 Å². The van der Waals surface area contributed by atoms with Crippen molar-refractivity contribution in [2.45, 2.75) is 25.8 Å². The zero-order chi connectivity index (χ0) is 18.1. The molecule has 0 spiro atoms. The first-order valence-electron chi connectivity index (χ1n) is 8.98. The highest BCUT2D eigenvalue weighted by Gasteiger charge is 2.18. The van der Waals surface area contributed by atoms with E-state index in [0.717, 1.165) is 36.3 Å². The topological polar surface area (TPSA) is 74.2 Å². The molecule has 0 saturated carbocycles. The highest BCUT2D eigenvalue weighted by molar-refractivity contribution is 5.91. The number of likely N-dealkylation sites (tertiary alicyclic amines) is 1. The van der Waals surface area contributed by atoms with Crippen molar-refractivity contribution in [1.82, 2.24) is 20.1 Å². The second kappa shape index (κ2) is 6.88. The van der Waals surface area contributed by atoms with Crippen LogP contribution in [-0.2, 0) is 0 Å².